The first kappa shape index (κ1) is 17.6. The lowest BCUT2D eigenvalue weighted by Gasteiger charge is -2.18. The maximum atomic E-state index is 5.41. The Bertz CT molecular complexity index is 618. The smallest absolute Gasteiger partial charge is 0.203 e. The Balaban J connectivity index is 2.13. The highest BCUT2D eigenvalue weighted by Gasteiger charge is 2.16. The van der Waals surface area contributed by atoms with Crippen molar-refractivity contribution in [2.75, 3.05) is 21.3 Å². The Kier molecular flexibility index (Phi) is 6.24. The molecule has 0 saturated heterocycles. The average Bonchev–Trinajstić information content (AvgIpc) is 3.06. The van der Waals surface area contributed by atoms with Crippen LogP contribution in [0.15, 0.2) is 17.5 Å². The molecular formula is C17H24N2O3S. The SMILES string of the molecule is CCc1nc(CN[C@H](C)c2cc(OC)c(OC)c(OC)c2)cs1. The van der Waals surface area contributed by atoms with Crippen LogP contribution in [0.1, 0.15) is 36.2 Å². The zero-order chi connectivity index (χ0) is 16.8. The molecule has 0 saturated carbocycles. The van der Waals surface area contributed by atoms with Gasteiger partial charge in [0.15, 0.2) is 11.5 Å². The Labute approximate surface area is 141 Å². The number of aromatic nitrogens is 1. The minimum Gasteiger partial charge on any atom is -0.493 e. The molecule has 2 rings (SSSR count). The van der Waals surface area contributed by atoms with Gasteiger partial charge in [0, 0.05) is 18.0 Å². The van der Waals surface area contributed by atoms with E-state index in [-0.39, 0.29) is 6.04 Å². The Hall–Kier alpha value is -1.79. The summed E-state index contributed by atoms with van der Waals surface area (Å²) in [5, 5.41) is 6.76. The highest BCUT2D eigenvalue weighted by Crippen LogP contribution is 2.39. The summed E-state index contributed by atoms with van der Waals surface area (Å²) in [5.74, 6) is 1.94. The van der Waals surface area contributed by atoms with Crippen molar-refractivity contribution in [3.8, 4) is 17.2 Å². The summed E-state index contributed by atoms with van der Waals surface area (Å²) in [6.07, 6.45) is 0.979. The number of aryl methyl sites for hydroxylation is 1. The van der Waals surface area contributed by atoms with E-state index in [1.807, 2.05) is 12.1 Å². The van der Waals surface area contributed by atoms with Crippen LogP contribution in [0.25, 0.3) is 0 Å². The molecule has 0 aliphatic carbocycles. The average molecular weight is 336 g/mol. The molecule has 23 heavy (non-hydrogen) atoms. The zero-order valence-corrected chi connectivity index (χ0v) is 15.1. The second-order valence-electron chi connectivity index (χ2n) is 5.15. The van der Waals surface area contributed by atoms with Gasteiger partial charge in [0.25, 0.3) is 0 Å². The number of nitrogens with one attached hydrogen (secondary N) is 1. The van der Waals surface area contributed by atoms with Crippen LogP contribution in [0, 0.1) is 0 Å². The van der Waals surface area contributed by atoms with Crippen LogP contribution in [0.5, 0.6) is 17.2 Å². The van der Waals surface area contributed by atoms with Gasteiger partial charge in [-0.1, -0.05) is 6.92 Å². The van der Waals surface area contributed by atoms with Crippen LogP contribution in [-0.4, -0.2) is 26.3 Å². The van der Waals surface area contributed by atoms with Gasteiger partial charge in [-0.15, -0.1) is 11.3 Å². The number of hydrogen-bond donors (Lipinski definition) is 1. The number of benzene rings is 1. The van der Waals surface area contributed by atoms with Gasteiger partial charge in [-0.2, -0.15) is 0 Å². The fourth-order valence-corrected chi connectivity index (χ4v) is 3.06. The van der Waals surface area contributed by atoms with Crippen LogP contribution in [0.4, 0.5) is 0 Å². The summed E-state index contributed by atoms with van der Waals surface area (Å²) in [6, 6.07) is 4.07. The molecule has 1 N–H and O–H groups in total. The number of ether oxygens (including phenoxy) is 3. The standard InChI is InChI=1S/C17H24N2O3S/c1-6-16-19-13(10-23-16)9-18-11(2)12-7-14(20-3)17(22-5)15(8-12)21-4/h7-8,10-11,18H,6,9H2,1-5H3/t11-/m1/s1. The fourth-order valence-electron chi connectivity index (χ4n) is 2.32. The predicted octanol–water partition coefficient (Wildman–Crippen LogP) is 3.58. The number of hydrogen-bond acceptors (Lipinski definition) is 6. The summed E-state index contributed by atoms with van der Waals surface area (Å²) in [4.78, 5) is 4.58. The third-order valence-corrected chi connectivity index (χ3v) is 4.72. The maximum absolute atomic E-state index is 5.41. The molecule has 0 fully saturated rings. The van der Waals surface area contributed by atoms with E-state index in [0.29, 0.717) is 17.2 Å². The van der Waals surface area contributed by atoms with Crippen LogP contribution < -0.4 is 19.5 Å². The molecule has 6 heteroatoms. The van der Waals surface area contributed by atoms with E-state index in [1.165, 1.54) is 5.01 Å². The van der Waals surface area contributed by atoms with Gasteiger partial charge in [-0.05, 0) is 31.0 Å². The Morgan fingerprint density at radius 2 is 1.78 bits per heavy atom. The van der Waals surface area contributed by atoms with Crippen LogP contribution in [0.3, 0.4) is 0 Å². The molecule has 1 aromatic carbocycles. The third kappa shape index (κ3) is 4.14. The molecule has 0 aliphatic rings. The lowest BCUT2D eigenvalue weighted by Crippen LogP contribution is -2.18. The van der Waals surface area contributed by atoms with Crippen molar-refractivity contribution in [2.45, 2.75) is 32.9 Å². The van der Waals surface area contributed by atoms with Gasteiger partial charge in [0.2, 0.25) is 5.75 Å². The maximum Gasteiger partial charge on any atom is 0.203 e. The molecule has 1 heterocycles. The van der Waals surface area contributed by atoms with Gasteiger partial charge in [0.1, 0.15) is 0 Å². The van der Waals surface area contributed by atoms with Crippen LogP contribution in [0.2, 0.25) is 0 Å². The number of methoxy groups -OCH3 is 3. The fraction of sp³-hybridized carbons (Fsp3) is 0.471. The van der Waals surface area contributed by atoms with Crippen LogP contribution in [-0.2, 0) is 13.0 Å². The molecule has 1 aromatic heterocycles. The molecule has 0 spiro atoms. The molecule has 0 amide bonds. The van der Waals surface area contributed by atoms with Crippen molar-refractivity contribution < 1.29 is 14.2 Å². The van der Waals surface area contributed by atoms with Crippen molar-refractivity contribution in [1.82, 2.24) is 10.3 Å². The highest BCUT2D eigenvalue weighted by atomic mass is 32.1. The van der Waals surface area contributed by atoms with E-state index in [2.05, 4.69) is 29.5 Å². The first-order chi connectivity index (χ1) is 11.1. The summed E-state index contributed by atoms with van der Waals surface area (Å²) in [6.45, 7) is 4.96. The zero-order valence-electron chi connectivity index (χ0n) is 14.3. The predicted molar refractivity (Wildman–Crippen MR) is 92.8 cm³/mol. The quantitative estimate of drug-likeness (QED) is 0.798. The van der Waals surface area contributed by atoms with Crippen molar-refractivity contribution in [3.05, 3.63) is 33.8 Å². The molecule has 5 nitrogen and oxygen atoms in total. The van der Waals surface area contributed by atoms with Gasteiger partial charge in [-0.3, -0.25) is 0 Å². The molecule has 0 radical (unpaired) electrons. The van der Waals surface area contributed by atoms with Gasteiger partial charge < -0.3 is 19.5 Å². The Morgan fingerprint density at radius 3 is 2.26 bits per heavy atom. The number of nitrogens with zero attached hydrogens (tertiary/aromatic N) is 1. The van der Waals surface area contributed by atoms with E-state index in [4.69, 9.17) is 14.2 Å². The molecule has 126 valence electrons. The second kappa shape index (κ2) is 8.17. The molecular weight excluding hydrogens is 312 g/mol. The molecule has 0 bridgehead atoms. The Morgan fingerprint density at radius 1 is 1.13 bits per heavy atom. The third-order valence-electron chi connectivity index (χ3n) is 3.68. The van der Waals surface area contributed by atoms with Crippen LogP contribution >= 0.6 is 11.3 Å². The lowest BCUT2D eigenvalue weighted by molar-refractivity contribution is 0.323. The summed E-state index contributed by atoms with van der Waals surface area (Å²) < 4.78 is 16.2. The minimum absolute atomic E-state index is 0.135. The minimum atomic E-state index is 0.135. The summed E-state index contributed by atoms with van der Waals surface area (Å²) >= 11 is 1.71. The van der Waals surface area contributed by atoms with Crippen molar-refractivity contribution in [1.29, 1.82) is 0 Å². The molecule has 1 atom stereocenters. The summed E-state index contributed by atoms with van der Waals surface area (Å²) in [5.41, 5.74) is 2.15. The summed E-state index contributed by atoms with van der Waals surface area (Å²) in [7, 11) is 4.86. The van der Waals surface area contributed by atoms with E-state index < -0.39 is 0 Å². The van der Waals surface area contributed by atoms with Crippen molar-refractivity contribution >= 4 is 11.3 Å². The highest BCUT2D eigenvalue weighted by molar-refractivity contribution is 7.09. The monoisotopic (exact) mass is 336 g/mol. The van der Waals surface area contributed by atoms with Crippen molar-refractivity contribution in [3.63, 3.8) is 0 Å². The second-order valence-corrected chi connectivity index (χ2v) is 6.09. The molecule has 0 unspecified atom stereocenters. The van der Waals surface area contributed by atoms with Crippen molar-refractivity contribution in [2.24, 2.45) is 0 Å². The lowest BCUT2D eigenvalue weighted by atomic mass is 10.1. The van der Waals surface area contributed by atoms with E-state index in [9.17, 15) is 0 Å². The van der Waals surface area contributed by atoms with E-state index in [0.717, 1.165) is 24.2 Å². The van der Waals surface area contributed by atoms with E-state index >= 15 is 0 Å². The first-order valence-electron chi connectivity index (χ1n) is 7.59. The number of thiazole rings is 1. The van der Waals surface area contributed by atoms with Gasteiger partial charge in [-0.25, -0.2) is 4.98 Å². The van der Waals surface area contributed by atoms with Gasteiger partial charge in [0.05, 0.1) is 32.0 Å². The van der Waals surface area contributed by atoms with E-state index in [1.54, 1.807) is 32.7 Å². The molecule has 2 aromatic rings. The normalized spacial score (nSPS) is 12.0. The number of rotatable bonds is 8. The van der Waals surface area contributed by atoms with Gasteiger partial charge >= 0.3 is 0 Å². The molecule has 0 aliphatic heterocycles. The topological polar surface area (TPSA) is 52.6 Å². The first-order valence-corrected chi connectivity index (χ1v) is 8.47. The largest absolute Gasteiger partial charge is 0.493 e.